The Balaban J connectivity index is 1.82. The monoisotopic (exact) mass is 432 g/mol. The normalized spacial score (nSPS) is 16.4. The van der Waals surface area contributed by atoms with E-state index in [-0.39, 0.29) is 15.2 Å². The van der Waals surface area contributed by atoms with E-state index in [2.05, 4.69) is 35.2 Å². The summed E-state index contributed by atoms with van der Waals surface area (Å²) in [6.45, 7) is 12.4. The highest BCUT2D eigenvalue weighted by molar-refractivity contribution is 7.91. The summed E-state index contributed by atoms with van der Waals surface area (Å²) in [5.41, 5.74) is 1.89. The molecule has 1 aliphatic rings. The van der Waals surface area contributed by atoms with Crippen LogP contribution in [0.1, 0.15) is 50.9 Å². The van der Waals surface area contributed by atoms with E-state index in [9.17, 15) is 8.42 Å². The Bertz CT molecular complexity index is 1160. The number of aromatic nitrogens is 3. The lowest BCUT2D eigenvalue weighted by atomic mass is 9.94. The minimum absolute atomic E-state index is 0.142. The Hall–Kier alpha value is -2.19. The maximum atomic E-state index is 13.2. The Labute approximate surface area is 177 Å². The van der Waals surface area contributed by atoms with Gasteiger partial charge in [0, 0.05) is 24.8 Å². The molecule has 0 radical (unpaired) electrons. The predicted molar refractivity (Wildman–Crippen MR) is 115 cm³/mol. The molecule has 1 aromatic carbocycles. The summed E-state index contributed by atoms with van der Waals surface area (Å²) in [4.78, 5) is 5.24. The molecule has 1 fully saturated rings. The molecule has 4 rings (SSSR count). The molecule has 0 bridgehead atoms. The van der Waals surface area contributed by atoms with Crippen LogP contribution in [0.5, 0.6) is 0 Å². The predicted octanol–water partition coefficient (Wildman–Crippen LogP) is 3.71. The van der Waals surface area contributed by atoms with Crippen LogP contribution in [0.25, 0.3) is 11.0 Å². The van der Waals surface area contributed by atoms with Crippen LogP contribution < -0.4 is 0 Å². The lowest BCUT2D eigenvalue weighted by molar-refractivity contribution is -0.0810. The van der Waals surface area contributed by atoms with Crippen LogP contribution in [0.15, 0.2) is 32.5 Å². The van der Waals surface area contributed by atoms with Gasteiger partial charge in [0.05, 0.1) is 21.6 Å². The second-order valence-electron chi connectivity index (χ2n) is 9.22. The third kappa shape index (κ3) is 3.67. The SMILES string of the molecule is Cc1noc(C)c1S(=O)(=O)c1ccc2c(c1)nc(C(C)(C)C)n2CC1CC[OH+]CC1. The van der Waals surface area contributed by atoms with E-state index >= 15 is 0 Å². The molecule has 3 aromatic rings. The summed E-state index contributed by atoms with van der Waals surface area (Å²) in [5.74, 6) is 1.84. The highest BCUT2D eigenvalue weighted by Crippen LogP contribution is 2.32. The molecule has 1 N–H and O–H groups in total. The summed E-state index contributed by atoms with van der Waals surface area (Å²) in [6.07, 6.45) is 2.17. The van der Waals surface area contributed by atoms with Crippen LogP contribution >= 0.6 is 0 Å². The highest BCUT2D eigenvalue weighted by Gasteiger charge is 2.29. The molecule has 162 valence electrons. The molecule has 1 aliphatic heterocycles. The van der Waals surface area contributed by atoms with Gasteiger partial charge in [0.15, 0.2) is 5.76 Å². The van der Waals surface area contributed by atoms with E-state index in [1.165, 1.54) is 0 Å². The smallest absolute Gasteiger partial charge is 0.212 e. The molecule has 7 nitrogen and oxygen atoms in total. The molecule has 8 heteroatoms. The molecule has 1 saturated heterocycles. The molecular formula is C22H30N3O4S+. The van der Waals surface area contributed by atoms with Gasteiger partial charge in [-0.15, -0.1) is 0 Å². The van der Waals surface area contributed by atoms with Crippen molar-refractivity contribution < 1.29 is 17.7 Å². The van der Waals surface area contributed by atoms with Crippen LogP contribution in [0.3, 0.4) is 0 Å². The Kier molecular flexibility index (Phi) is 5.26. The maximum absolute atomic E-state index is 13.2. The number of nitrogens with zero attached hydrogens (tertiary/aromatic N) is 3. The number of benzene rings is 1. The first kappa shape index (κ1) is 21.1. The molecule has 2 aromatic heterocycles. The zero-order valence-corrected chi connectivity index (χ0v) is 19.1. The number of rotatable bonds is 4. The molecule has 3 heterocycles. The first-order chi connectivity index (χ1) is 14.1. The molecular weight excluding hydrogens is 402 g/mol. The number of hydrogen-bond acceptors (Lipinski definition) is 5. The Morgan fingerprint density at radius 3 is 2.50 bits per heavy atom. The Morgan fingerprint density at radius 1 is 1.20 bits per heavy atom. The lowest BCUT2D eigenvalue weighted by Gasteiger charge is -2.25. The van der Waals surface area contributed by atoms with Gasteiger partial charge >= 0.3 is 0 Å². The van der Waals surface area contributed by atoms with Gasteiger partial charge in [-0.2, -0.15) is 0 Å². The third-order valence-corrected chi connectivity index (χ3v) is 7.76. The average molecular weight is 433 g/mol. The fourth-order valence-corrected chi connectivity index (χ4v) is 5.85. The summed E-state index contributed by atoms with van der Waals surface area (Å²) in [6, 6.07) is 5.23. The topological polar surface area (TPSA) is 90.8 Å². The van der Waals surface area contributed by atoms with Crippen LogP contribution in [0.2, 0.25) is 0 Å². The van der Waals surface area contributed by atoms with Crippen molar-refractivity contribution in [2.45, 2.75) is 69.2 Å². The number of hydrogen-bond donors (Lipinski definition) is 0. The number of imidazole rings is 1. The zero-order chi connectivity index (χ0) is 21.7. The van der Waals surface area contributed by atoms with E-state index in [0.717, 1.165) is 43.9 Å². The van der Waals surface area contributed by atoms with Crippen LogP contribution in [0, 0.1) is 19.8 Å². The number of sulfone groups is 1. The number of aryl methyl sites for hydroxylation is 2. The van der Waals surface area contributed by atoms with Crippen molar-refractivity contribution in [1.29, 1.82) is 0 Å². The summed E-state index contributed by atoms with van der Waals surface area (Å²) in [7, 11) is -3.73. The van der Waals surface area contributed by atoms with Gasteiger partial charge in [-0.1, -0.05) is 25.9 Å². The average Bonchev–Trinajstić information content (AvgIpc) is 3.22. The van der Waals surface area contributed by atoms with Crippen molar-refractivity contribution in [3.63, 3.8) is 0 Å². The van der Waals surface area contributed by atoms with Crippen molar-refractivity contribution in [2.75, 3.05) is 13.2 Å². The third-order valence-electron chi connectivity index (χ3n) is 5.77. The summed E-state index contributed by atoms with van der Waals surface area (Å²) in [5, 5.41) is 3.80. The summed E-state index contributed by atoms with van der Waals surface area (Å²) < 4.78 is 38.3. The largest absolute Gasteiger partial charge is 0.434 e. The first-order valence-electron chi connectivity index (χ1n) is 10.4. The first-order valence-corrected chi connectivity index (χ1v) is 11.9. The molecule has 0 saturated carbocycles. The molecule has 30 heavy (non-hydrogen) atoms. The van der Waals surface area contributed by atoms with Crippen molar-refractivity contribution in [3.8, 4) is 0 Å². The van der Waals surface area contributed by atoms with E-state index in [1.54, 1.807) is 26.0 Å². The van der Waals surface area contributed by atoms with E-state index in [0.29, 0.717) is 22.9 Å². The standard InChI is InChI=1S/C22H29N3O4S/c1-14-20(15(2)29-24-14)30(26,27)17-6-7-19-18(12-17)23-21(22(3,4)5)25(19)13-16-8-10-28-11-9-16/h6-7,12,16H,8-11,13H2,1-5H3/p+1. The van der Waals surface area contributed by atoms with E-state index in [4.69, 9.17) is 9.51 Å². The molecule has 0 spiro atoms. The fraction of sp³-hybridized carbons (Fsp3) is 0.545. The van der Waals surface area contributed by atoms with Crippen LogP contribution in [-0.2, 0) is 21.8 Å². The van der Waals surface area contributed by atoms with Gasteiger partial charge in [-0.3, -0.25) is 0 Å². The maximum Gasteiger partial charge on any atom is 0.212 e. The second-order valence-corrected chi connectivity index (χ2v) is 11.1. The van der Waals surface area contributed by atoms with Crippen molar-refractivity contribution in [2.24, 2.45) is 5.92 Å². The quantitative estimate of drug-likeness (QED) is 0.586. The van der Waals surface area contributed by atoms with E-state index < -0.39 is 9.84 Å². The Morgan fingerprint density at radius 2 is 1.90 bits per heavy atom. The number of ether oxygens (including phenoxy) is 1. The number of fused-ring (bicyclic) bond motifs is 1. The van der Waals surface area contributed by atoms with Gasteiger partial charge in [-0.25, -0.2) is 13.4 Å². The highest BCUT2D eigenvalue weighted by atomic mass is 32.2. The molecule has 0 unspecified atom stereocenters. The van der Waals surface area contributed by atoms with Gasteiger partial charge in [-0.05, 0) is 38.0 Å². The van der Waals surface area contributed by atoms with E-state index in [1.807, 2.05) is 6.07 Å². The lowest BCUT2D eigenvalue weighted by Crippen LogP contribution is -2.26. The molecule has 0 atom stereocenters. The van der Waals surface area contributed by atoms with Gasteiger partial charge < -0.3 is 13.8 Å². The van der Waals surface area contributed by atoms with Gasteiger partial charge in [0.1, 0.15) is 23.9 Å². The van der Waals surface area contributed by atoms with Crippen molar-refractivity contribution >= 4 is 20.9 Å². The minimum Gasteiger partial charge on any atom is -0.434 e. The number of aliphatic hydroxyl groups is 2. The van der Waals surface area contributed by atoms with Crippen LogP contribution in [0.4, 0.5) is 0 Å². The van der Waals surface area contributed by atoms with Crippen molar-refractivity contribution in [1.82, 2.24) is 14.7 Å². The molecule has 0 amide bonds. The van der Waals surface area contributed by atoms with Crippen molar-refractivity contribution in [3.05, 3.63) is 35.5 Å². The van der Waals surface area contributed by atoms with Gasteiger partial charge in [0.2, 0.25) is 9.84 Å². The fourth-order valence-electron chi connectivity index (χ4n) is 4.25. The second kappa shape index (κ2) is 7.50. The van der Waals surface area contributed by atoms with Gasteiger partial charge in [0.25, 0.3) is 0 Å². The molecule has 0 aliphatic carbocycles. The minimum atomic E-state index is -3.73. The van der Waals surface area contributed by atoms with Crippen LogP contribution in [-0.4, -0.2) is 41.1 Å². The summed E-state index contributed by atoms with van der Waals surface area (Å²) >= 11 is 0. The zero-order valence-electron chi connectivity index (χ0n) is 18.3.